The van der Waals surface area contributed by atoms with Crippen LogP contribution in [0.5, 0.6) is 0 Å². The summed E-state index contributed by atoms with van der Waals surface area (Å²) in [6.07, 6.45) is 1.07. The van der Waals surface area contributed by atoms with Crippen LogP contribution in [0.15, 0.2) is 10.6 Å². The van der Waals surface area contributed by atoms with E-state index in [1.54, 1.807) is 25.0 Å². The molecule has 23 heavy (non-hydrogen) atoms. The van der Waals surface area contributed by atoms with Gasteiger partial charge < -0.3 is 19.5 Å². The van der Waals surface area contributed by atoms with Gasteiger partial charge in [-0.3, -0.25) is 9.59 Å². The standard InChI is InChI=1S/C16H27N3O4/c1-12-9-13(18-23-12)17-14(20)11-19(7-6-8-22-5)15(21)10-16(2,3)4/h9H,6-8,10-11H2,1-5H3,(H,17,18,20). The van der Waals surface area contributed by atoms with E-state index in [2.05, 4.69) is 10.5 Å². The van der Waals surface area contributed by atoms with Crippen LogP contribution in [0.25, 0.3) is 0 Å². The lowest BCUT2D eigenvalue weighted by atomic mass is 9.91. The molecule has 0 aliphatic rings. The Morgan fingerprint density at radius 2 is 2.09 bits per heavy atom. The number of carbonyl (C=O) groups excluding carboxylic acids is 2. The van der Waals surface area contributed by atoms with Crippen molar-refractivity contribution in [2.24, 2.45) is 5.41 Å². The molecular weight excluding hydrogens is 298 g/mol. The summed E-state index contributed by atoms with van der Waals surface area (Å²) in [4.78, 5) is 26.1. The van der Waals surface area contributed by atoms with Gasteiger partial charge in [0, 0.05) is 32.7 Å². The highest BCUT2D eigenvalue weighted by Gasteiger charge is 2.23. The second-order valence-corrected chi connectivity index (χ2v) is 6.77. The molecule has 130 valence electrons. The number of aryl methyl sites for hydroxylation is 1. The minimum absolute atomic E-state index is 0.00939. The Morgan fingerprint density at radius 1 is 1.39 bits per heavy atom. The van der Waals surface area contributed by atoms with Gasteiger partial charge in [0.05, 0.1) is 6.54 Å². The number of methoxy groups -OCH3 is 1. The zero-order chi connectivity index (χ0) is 17.5. The zero-order valence-corrected chi connectivity index (χ0v) is 14.6. The maximum Gasteiger partial charge on any atom is 0.245 e. The van der Waals surface area contributed by atoms with Crippen LogP contribution in [0, 0.1) is 12.3 Å². The Bertz CT molecular complexity index is 520. The summed E-state index contributed by atoms with van der Waals surface area (Å²) in [5.41, 5.74) is -0.129. The Balaban J connectivity index is 2.63. The van der Waals surface area contributed by atoms with Crippen LogP contribution in [0.3, 0.4) is 0 Å². The molecule has 0 aliphatic carbocycles. The van der Waals surface area contributed by atoms with Crippen molar-refractivity contribution in [3.63, 3.8) is 0 Å². The van der Waals surface area contributed by atoms with Crippen molar-refractivity contribution >= 4 is 17.6 Å². The van der Waals surface area contributed by atoms with Gasteiger partial charge in [0.2, 0.25) is 11.8 Å². The van der Waals surface area contributed by atoms with Gasteiger partial charge in [-0.05, 0) is 18.8 Å². The summed E-state index contributed by atoms with van der Waals surface area (Å²) in [6, 6.07) is 1.63. The third kappa shape index (κ3) is 7.78. The highest BCUT2D eigenvalue weighted by Crippen LogP contribution is 2.20. The van der Waals surface area contributed by atoms with Crippen LogP contribution in [-0.4, -0.2) is 48.7 Å². The number of aromatic nitrogens is 1. The largest absolute Gasteiger partial charge is 0.385 e. The third-order valence-electron chi connectivity index (χ3n) is 3.04. The third-order valence-corrected chi connectivity index (χ3v) is 3.04. The molecule has 0 radical (unpaired) electrons. The van der Waals surface area contributed by atoms with Gasteiger partial charge in [-0.1, -0.05) is 25.9 Å². The number of nitrogens with one attached hydrogen (secondary N) is 1. The summed E-state index contributed by atoms with van der Waals surface area (Å²) in [7, 11) is 1.61. The highest BCUT2D eigenvalue weighted by atomic mass is 16.5. The molecule has 0 atom stereocenters. The van der Waals surface area contributed by atoms with Crippen molar-refractivity contribution in [2.45, 2.75) is 40.5 Å². The summed E-state index contributed by atoms with van der Waals surface area (Å²) in [5.74, 6) is 0.631. The molecular formula is C16H27N3O4. The van der Waals surface area contributed by atoms with Crippen molar-refractivity contribution in [3.8, 4) is 0 Å². The lowest BCUT2D eigenvalue weighted by molar-refractivity contribution is -0.136. The fourth-order valence-electron chi connectivity index (χ4n) is 2.04. The molecule has 0 aliphatic heterocycles. The molecule has 2 amide bonds. The van der Waals surface area contributed by atoms with E-state index in [-0.39, 0.29) is 23.8 Å². The topological polar surface area (TPSA) is 84.7 Å². The molecule has 0 unspecified atom stereocenters. The summed E-state index contributed by atoms with van der Waals surface area (Å²) in [5, 5.41) is 6.34. The first-order valence-corrected chi connectivity index (χ1v) is 7.71. The molecule has 1 N–H and O–H groups in total. The lowest BCUT2D eigenvalue weighted by Gasteiger charge is -2.26. The SMILES string of the molecule is COCCCN(CC(=O)Nc1cc(C)on1)C(=O)CC(C)(C)C. The minimum atomic E-state index is -0.294. The van der Waals surface area contributed by atoms with E-state index in [9.17, 15) is 9.59 Å². The van der Waals surface area contributed by atoms with E-state index < -0.39 is 0 Å². The van der Waals surface area contributed by atoms with Crippen molar-refractivity contribution in [2.75, 3.05) is 32.1 Å². The van der Waals surface area contributed by atoms with Crippen LogP contribution in [0.2, 0.25) is 0 Å². The average Bonchev–Trinajstić information content (AvgIpc) is 2.81. The second-order valence-electron chi connectivity index (χ2n) is 6.77. The first-order chi connectivity index (χ1) is 10.7. The van der Waals surface area contributed by atoms with Gasteiger partial charge in [-0.2, -0.15) is 0 Å². The quantitative estimate of drug-likeness (QED) is 0.741. The Morgan fingerprint density at radius 3 is 2.61 bits per heavy atom. The number of amides is 2. The Labute approximate surface area is 137 Å². The van der Waals surface area contributed by atoms with Crippen molar-refractivity contribution in [1.29, 1.82) is 0 Å². The maximum atomic E-state index is 12.4. The maximum absolute atomic E-state index is 12.4. The first kappa shape index (κ1) is 19.2. The Hall–Kier alpha value is -1.89. The van der Waals surface area contributed by atoms with Crippen LogP contribution >= 0.6 is 0 Å². The molecule has 7 nitrogen and oxygen atoms in total. The molecule has 0 bridgehead atoms. The molecule has 0 fully saturated rings. The fraction of sp³-hybridized carbons (Fsp3) is 0.688. The molecule has 1 aromatic rings. The first-order valence-electron chi connectivity index (χ1n) is 7.71. The predicted molar refractivity (Wildman–Crippen MR) is 87.0 cm³/mol. The van der Waals surface area contributed by atoms with Gasteiger partial charge >= 0.3 is 0 Å². The molecule has 0 saturated heterocycles. The normalized spacial score (nSPS) is 11.3. The van der Waals surface area contributed by atoms with Crippen LogP contribution in [0.1, 0.15) is 39.4 Å². The number of ether oxygens (including phenoxy) is 1. The van der Waals surface area contributed by atoms with Gasteiger partial charge in [0.25, 0.3) is 0 Å². The van der Waals surface area contributed by atoms with Crippen molar-refractivity contribution < 1.29 is 18.8 Å². The van der Waals surface area contributed by atoms with Crippen molar-refractivity contribution in [3.05, 3.63) is 11.8 Å². The molecule has 0 spiro atoms. The smallest absolute Gasteiger partial charge is 0.245 e. The van der Waals surface area contributed by atoms with Gasteiger partial charge in [0.1, 0.15) is 5.76 Å². The summed E-state index contributed by atoms with van der Waals surface area (Å²) in [6.45, 7) is 8.75. The number of carbonyl (C=O) groups is 2. The van der Waals surface area contributed by atoms with Gasteiger partial charge in [0.15, 0.2) is 5.82 Å². The molecule has 1 aromatic heterocycles. The van der Waals surface area contributed by atoms with E-state index in [0.29, 0.717) is 37.6 Å². The van der Waals surface area contributed by atoms with Crippen LogP contribution < -0.4 is 5.32 Å². The number of hydrogen-bond acceptors (Lipinski definition) is 5. The highest BCUT2D eigenvalue weighted by molar-refractivity contribution is 5.93. The second kappa shape index (κ2) is 8.67. The summed E-state index contributed by atoms with van der Waals surface area (Å²) >= 11 is 0. The number of hydrogen-bond donors (Lipinski definition) is 1. The van der Waals surface area contributed by atoms with Crippen molar-refractivity contribution in [1.82, 2.24) is 10.1 Å². The molecule has 1 heterocycles. The van der Waals surface area contributed by atoms with Gasteiger partial charge in [-0.15, -0.1) is 0 Å². The molecule has 1 rings (SSSR count). The van der Waals surface area contributed by atoms with E-state index >= 15 is 0 Å². The van der Waals surface area contributed by atoms with Crippen LogP contribution in [0.4, 0.5) is 5.82 Å². The van der Waals surface area contributed by atoms with E-state index in [4.69, 9.17) is 9.26 Å². The number of rotatable bonds is 8. The van der Waals surface area contributed by atoms with Gasteiger partial charge in [-0.25, -0.2) is 0 Å². The molecule has 0 aromatic carbocycles. The predicted octanol–water partition coefficient (Wildman–Crippen LogP) is 2.22. The minimum Gasteiger partial charge on any atom is -0.385 e. The number of anilines is 1. The monoisotopic (exact) mass is 325 g/mol. The fourth-order valence-corrected chi connectivity index (χ4v) is 2.04. The zero-order valence-electron chi connectivity index (χ0n) is 14.6. The van der Waals surface area contributed by atoms with E-state index in [1.165, 1.54) is 0 Å². The summed E-state index contributed by atoms with van der Waals surface area (Å²) < 4.78 is 9.92. The van der Waals surface area contributed by atoms with E-state index in [1.807, 2.05) is 20.8 Å². The average molecular weight is 325 g/mol. The van der Waals surface area contributed by atoms with Crippen LogP contribution in [-0.2, 0) is 14.3 Å². The molecule has 0 saturated carbocycles. The lowest BCUT2D eigenvalue weighted by Crippen LogP contribution is -2.40. The Kier molecular flexibility index (Phi) is 7.22. The van der Waals surface area contributed by atoms with E-state index in [0.717, 1.165) is 0 Å². The molecule has 7 heteroatoms. The number of nitrogens with zero attached hydrogens (tertiary/aromatic N) is 2.